The second-order valence-corrected chi connectivity index (χ2v) is 15.1. The van der Waals surface area contributed by atoms with Crippen LogP contribution in [0.3, 0.4) is 0 Å². The van der Waals surface area contributed by atoms with Gasteiger partial charge in [0.15, 0.2) is 5.76 Å². The average Bonchev–Trinajstić information content (AvgIpc) is 3.00. The Morgan fingerprint density at radius 2 is 1.50 bits per heavy atom. The van der Waals surface area contributed by atoms with Crippen LogP contribution in [0.1, 0.15) is 99.8 Å². The normalized spacial score (nSPS) is 54.7. The van der Waals surface area contributed by atoms with Crippen LogP contribution >= 0.6 is 0 Å². The molecule has 0 radical (unpaired) electrons. The van der Waals surface area contributed by atoms with E-state index in [9.17, 15) is 14.7 Å². The van der Waals surface area contributed by atoms with Crippen LogP contribution in [-0.4, -0.2) is 23.0 Å². The summed E-state index contributed by atoms with van der Waals surface area (Å²) in [6.07, 6.45) is 10.5. The van der Waals surface area contributed by atoms with Crippen molar-refractivity contribution in [3.05, 3.63) is 11.8 Å². The summed E-state index contributed by atoms with van der Waals surface area (Å²) in [4.78, 5) is 26.3. The Hall–Kier alpha value is -1.32. The molecule has 1 aliphatic heterocycles. The molecule has 4 heteroatoms. The molecular formula is C30H44O4. The maximum atomic E-state index is 13.3. The minimum atomic E-state index is -0.532. The van der Waals surface area contributed by atoms with E-state index in [0.717, 1.165) is 51.4 Å². The zero-order valence-corrected chi connectivity index (χ0v) is 22.3. The van der Waals surface area contributed by atoms with E-state index in [1.165, 1.54) is 0 Å². The first kappa shape index (κ1) is 23.1. The van der Waals surface area contributed by atoms with Crippen molar-refractivity contribution in [1.29, 1.82) is 0 Å². The number of fused-ring (bicyclic) bond motifs is 5. The molecule has 1 saturated heterocycles. The summed E-state index contributed by atoms with van der Waals surface area (Å²) in [5, 5.41) is 10.8. The molecule has 188 valence electrons. The largest absolute Gasteiger partial charge is 0.505 e. The Bertz CT molecular complexity index is 1010. The molecule has 6 unspecified atom stereocenters. The Labute approximate surface area is 205 Å². The summed E-state index contributed by atoms with van der Waals surface area (Å²) in [5.74, 6) is 1.50. The third kappa shape index (κ3) is 2.33. The number of ether oxygens (including phenoxy) is 1. The lowest BCUT2D eigenvalue weighted by molar-refractivity contribution is -0.227. The number of allylic oxidation sites excluding steroid dienone is 2. The van der Waals surface area contributed by atoms with Gasteiger partial charge < -0.3 is 9.84 Å². The van der Waals surface area contributed by atoms with Crippen molar-refractivity contribution in [3.8, 4) is 0 Å². The van der Waals surface area contributed by atoms with Crippen molar-refractivity contribution in [2.24, 2.45) is 56.2 Å². The van der Waals surface area contributed by atoms with Crippen molar-refractivity contribution in [2.45, 2.75) is 106 Å². The molecule has 4 nitrogen and oxygen atoms in total. The molecule has 0 aromatic heterocycles. The van der Waals surface area contributed by atoms with Gasteiger partial charge in [-0.1, -0.05) is 48.5 Å². The first-order valence-electron chi connectivity index (χ1n) is 13.8. The van der Waals surface area contributed by atoms with Crippen molar-refractivity contribution in [3.63, 3.8) is 0 Å². The van der Waals surface area contributed by atoms with E-state index < -0.39 is 5.41 Å². The minimum Gasteiger partial charge on any atom is -0.505 e. The Morgan fingerprint density at radius 1 is 0.824 bits per heavy atom. The number of rotatable bonds is 0. The quantitative estimate of drug-likeness (QED) is 0.405. The molecule has 1 heterocycles. The van der Waals surface area contributed by atoms with Crippen LogP contribution in [0.4, 0.5) is 0 Å². The van der Waals surface area contributed by atoms with E-state index in [1.807, 2.05) is 19.9 Å². The lowest BCUT2D eigenvalue weighted by Gasteiger charge is -2.71. The fourth-order valence-electron chi connectivity index (χ4n) is 11.3. The first-order valence-corrected chi connectivity index (χ1v) is 13.8. The van der Waals surface area contributed by atoms with Gasteiger partial charge in [-0.25, -0.2) is 0 Å². The second kappa shape index (κ2) is 6.32. The lowest BCUT2D eigenvalue weighted by atomic mass is 9.32. The number of esters is 1. The van der Waals surface area contributed by atoms with Crippen molar-refractivity contribution >= 4 is 11.8 Å². The van der Waals surface area contributed by atoms with Gasteiger partial charge in [0.25, 0.3) is 0 Å². The third-order valence-corrected chi connectivity index (χ3v) is 13.4. The minimum absolute atomic E-state index is 0.0195. The zero-order valence-electron chi connectivity index (χ0n) is 22.3. The predicted octanol–water partition coefficient (Wildman–Crippen LogP) is 6.63. The summed E-state index contributed by atoms with van der Waals surface area (Å²) >= 11 is 0. The number of carbonyl (C=O) groups is 2. The topological polar surface area (TPSA) is 63.6 Å². The first-order chi connectivity index (χ1) is 15.7. The Balaban J connectivity index is 1.45. The van der Waals surface area contributed by atoms with Crippen LogP contribution in [0.2, 0.25) is 0 Å². The highest BCUT2D eigenvalue weighted by Crippen LogP contribution is 2.77. The molecule has 5 fully saturated rings. The van der Waals surface area contributed by atoms with Crippen LogP contribution in [0.25, 0.3) is 0 Å². The number of carbonyl (C=O) groups excluding carboxylic acids is 2. The van der Waals surface area contributed by atoms with Gasteiger partial charge in [-0.15, -0.1) is 0 Å². The van der Waals surface area contributed by atoms with E-state index in [2.05, 4.69) is 34.6 Å². The highest BCUT2D eigenvalue weighted by molar-refractivity contribution is 5.98. The van der Waals surface area contributed by atoms with Gasteiger partial charge in [0.05, 0.1) is 5.41 Å². The van der Waals surface area contributed by atoms with Gasteiger partial charge in [0, 0.05) is 16.7 Å². The van der Waals surface area contributed by atoms with Crippen molar-refractivity contribution < 1.29 is 19.4 Å². The molecule has 0 amide bonds. The number of hydrogen-bond donors (Lipinski definition) is 1. The fraction of sp³-hybridized carbons (Fsp3) is 0.867. The maximum absolute atomic E-state index is 13.3. The number of hydrogen-bond acceptors (Lipinski definition) is 4. The molecule has 1 N–H and O–H groups in total. The van der Waals surface area contributed by atoms with E-state index >= 15 is 0 Å². The van der Waals surface area contributed by atoms with E-state index in [-0.39, 0.29) is 56.6 Å². The molecule has 0 aromatic rings. The molecule has 4 saturated carbocycles. The summed E-state index contributed by atoms with van der Waals surface area (Å²) < 4.78 is 6.24. The van der Waals surface area contributed by atoms with Crippen molar-refractivity contribution in [2.75, 3.05) is 0 Å². The average molecular weight is 469 g/mol. The van der Waals surface area contributed by atoms with Gasteiger partial charge in [-0.05, 0) is 91.4 Å². The van der Waals surface area contributed by atoms with Crippen LogP contribution in [0.5, 0.6) is 0 Å². The van der Waals surface area contributed by atoms with Crippen LogP contribution in [-0.2, 0) is 14.3 Å². The van der Waals surface area contributed by atoms with Gasteiger partial charge >= 0.3 is 5.97 Å². The molecule has 6 rings (SSSR count). The second-order valence-electron chi connectivity index (χ2n) is 15.1. The summed E-state index contributed by atoms with van der Waals surface area (Å²) in [6, 6.07) is 0. The molecular weight excluding hydrogens is 424 g/mol. The standard InChI is InChI=1S/C30H44O4/c1-25(2)12-14-30-15-13-28(6)17(21(30)23(25)34-24(30)33)8-9-20-27(5)16-18(31)22(32)26(3,4)19(27)10-11-29(20,28)7/h16-17,19-21,23,31H,8-15H2,1-7H3/t17?,19?,20?,21?,23?,27-,28-,29+,30?/m0/s1. The van der Waals surface area contributed by atoms with Gasteiger partial charge in [-0.3, -0.25) is 9.59 Å². The molecule has 0 spiro atoms. The molecule has 5 aliphatic carbocycles. The SMILES string of the molecule is CC1(C)CCC23CC[C@@]4(C)C(CCC5[C@@]6(C)C=C(O)C(=O)C(C)(C)C6CC[C@]54C)C2C1OC3=O. The lowest BCUT2D eigenvalue weighted by Crippen LogP contribution is -2.67. The third-order valence-electron chi connectivity index (χ3n) is 13.4. The highest BCUT2D eigenvalue weighted by atomic mass is 16.6. The fourth-order valence-corrected chi connectivity index (χ4v) is 11.3. The molecule has 2 bridgehead atoms. The monoisotopic (exact) mass is 468 g/mol. The van der Waals surface area contributed by atoms with E-state index in [1.54, 1.807) is 0 Å². The summed E-state index contributed by atoms with van der Waals surface area (Å²) in [5.41, 5.74) is -0.688. The van der Waals surface area contributed by atoms with Gasteiger partial charge in [0.1, 0.15) is 6.10 Å². The van der Waals surface area contributed by atoms with E-state index in [4.69, 9.17) is 4.74 Å². The Morgan fingerprint density at radius 3 is 2.21 bits per heavy atom. The van der Waals surface area contributed by atoms with Crippen LogP contribution in [0, 0.1) is 56.2 Å². The number of ketones is 1. The molecule has 34 heavy (non-hydrogen) atoms. The zero-order chi connectivity index (χ0) is 24.7. The molecule has 0 aromatic carbocycles. The van der Waals surface area contributed by atoms with Gasteiger partial charge in [0.2, 0.25) is 5.78 Å². The molecule has 9 atom stereocenters. The number of aliphatic hydroxyl groups is 1. The van der Waals surface area contributed by atoms with Gasteiger partial charge in [-0.2, -0.15) is 0 Å². The maximum Gasteiger partial charge on any atom is 0.312 e. The number of Topliss-reactive ketones (excluding diaryl/α,β-unsaturated/α-hetero) is 1. The summed E-state index contributed by atoms with van der Waals surface area (Å²) in [7, 11) is 0. The van der Waals surface area contributed by atoms with E-state index in [0.29, 0.717) is 17.8 Å². The van der Waals surface area contributed by atoms with Crippen LogP contribution < -0.4 is 0 Å². The predicted molar refractivity (Wildman–Crippen MR) is 131 cm³/mol. The Kier molecular flexibility index (Phi) is 4.30. The summed E-state index contributed by atoms with van der Waals surface area (Å²) in [6.45, 7) is 16.1. The van der Waals surface area contributed by atoms with Crippen LogP contribution in [0.15, 0.2) is 11.8 Å². The van der Waals surface area contributed by atoms with Crippen molar-refractivity contribution in [1.82, 2.24) is 0 Å². The molecule has 6 aliphatic rings. The highest BCUT2D eigenvalue weighted by Gasteiger charge is 2.75. The number of aliphatic hydroxyl groups excluding tert-OH is 1. The smallest absolute Gasteiger partial charge is 0.312 e.